The molecule has 8 heteroatoms. The zero-order valence-electron chi connectivity index (χ0n) is 15.5. The van der Waals surface area contributed by atoms with Gasteiger partial charge in [-0.05, 0) is 0 Å². The average molecular weight is 380 g/mol. The average Bonchev–Trinajstić information content (AvgIpc) is 2.71. The second-order valence-electron chi connectivity index (χ2n) is 6.01. The van der Waals surface area contributed by atoms with E-state index in [1.165, 1.54) is 43.7 Å². The van der Waals surface area contributed by atoms with Crippen LogP contribution in [0.1, 0.15) is 12.6 Å². The van der Waals surface area contributed by atoms with E-state index in [1.54, 1.807) is 24.3 Å². The molecule has 0 saturated heterocycles. The number of carbonyl (C=O) groups is 1. The zero-order valence-corrected chi connectivity index (χ0v) is 15.5. The molecule has 0 fully saturated rings. The van der Waals surface area contributed by atoms with Crippen LogP contribution in [0.5, 0.6) is 11.5 Å². The van der Waals surface area contributed by atoms with E-state index in [0.29, 0.717) is 16.5 Å². The van der Waals surface area contributed by atoms with Crippen molar-refractivity contribution in [2.24, 2.45) is 4.99 Å². The number of nitrogens with zero attached hydrogens (tertiary/aromatic N) is 4. The van der Waals surface area contributed by atoms with Crippen LogP contribution >= 0.6 is 0 Å². The normalized spacial score (nSPS) is 11.2. The van der Waals surface area contributed by atoms with Gasteiger partial charge in [0.1, 0.15) is 17.1 Å². The van der Waals surface area contributed by atoms with Gasteiger partial charge in [-0.2, -0.15) is 0 Å². The first kappa shape index (κ1) is 19.2. The topological polar surface area (TPSA) is 108 Å². The van der Waals surface area contributed by atoms with Crippen LogP contribution < -0.4 is 4.90 Å². The highest BCUT2D eigenvalue weighted by molar-refractivity contribution is 6.09. The van der Waals surface area contributed by atoms with Gasteiger partial charge >= 0.3 is 0 Å². The van der Waals surface area contributed by atoms with Gasteiger partial charge in [0.2, 0.25) is 5.91 Å². The maximum atomic E-state index is 12.4. The molecule has 0 bridgehead atoms. The van der Waals surface area contributed by atoms with E-state index in [-0.39, 0.29) is 41.9 Å². The number of phenolic OH excluding ortho intramolecular Hbond substituents is 2. The maximum absolute atomic E-state index is 12.4. The summed E-state index contributed by atoms with van der Waals surface area (Å²) in [4.78, 5) is 26.2. The van der Waals surface area contributed by atoms with Crippen LogP contribution in [-0.4, -0.2) is 46.0 Å². The lowest BCUT2D eigenvalue weighted by atomic mass is 10.0. The highest BCUT2D eigenvalue weighted by atomic mass is 16.5. The summed E-state index contributed by atoms with van der Waals surface area (Å²) in [6.45, 7) is 1.63. The van der Waals surface area contributed by atoms with E-state index in [4.69, 9.17) is 4.74 Å². The van der Waals surface area contributed by atoms with Crippen LogP contribution in [0.2, 0.25) is 0 Å². The Kier molecular flexibility index (Phi) is 5.81. The molecule has 3 aromatic rings. The van der Waals surface area contributed by atoms with Crippen molar-refractivity contribution in [3.63, 3.8) is 0 Å². The molecule has 0 aliphatic carbocycles. The Bertz CT molecular complexity index is 1020. The molecule has 8 nitrogen and oxygen atoms in total. The summed E-state index contributed by atoms with van der Waals surface area (Å²) in [5.74, 6) is -0.642. The maximum Gasteiger partial charge on any atom is 0.224 e. The number of anilines is 1. The summed E-state index contributed by atoms with van der Waals surface area (Å²) in [7, 11) is 1.51. The van der Waals surface area contributed by atoms with E-state index in [2.05, 4.69) is 15.0 Å². The monoisotopic (exact) mass is 380 g/mol. The Morgan fingerprint density at radius 1 is 1.21 bits per heavy atom. The van der Waals surface area contributed by atoms with E-state index >= 15 is 0 Å². The molecule has 0 saturated carbocycles. The molecular formula is C20H20N4O4. The minimum absolute atomic E-state index is 0.0569. The summed E-state index contributed by atoms with van der Waals surface area (Å²) in [6.07, 6.45) is 6.03. The van der Waals surface area contributed by atoms with E-state index in [1.807, 2.05) is 0 Å². The molecule has 28 heavy (non-hydrogen) atoms. The number of hydrogen-bond donors (Lipinski definition) is 2. The third kappa shape index (κ3) is 3.77. The van der Waals surface area contributed by atoms with Crippen LogP contribution in [-0.2, 0) is 16.1 Å². The van der Waals surface area contributed by atoms with E-state index < -0.39 is 0 Å². The number of rotatable bonds is 6. The number of carbonyl (C=O) groups excluding carboxylic acids is 1. The van der Waals surface area contributed by atoms with Gasteiger partial charge in [-0.3, -0.25) is 19.8 Å². The number of amides is 1. The lowest BCUT2D eigenvalue weighted by Crippen LogP contribution is -2.28. The first-order valence-corrected chi connectivity index (χ1v) is 8.55. The Morgan fingerprint density at radius 3 is 2.54 bits per heavy atom. The van der Waals surface area contributed by atoms with Gasteiger partial charge in [0, 0.05) is 43.4 Å². The van der Waals surface area contributed by atoms with Gasteiger partial charge in [0.15, 0.2) is 5.75 Å². The van der Waals surface area contributed by atoms with E-state index in [0.717, 1.165) is 0 Å². The number of ether oxygens (including phenoxy) is 1. The molecule has 1 amide bonds. The quantitative estimate of drug-likeness (QED) is 0.503. The molecule has 3 rings (SSSR count). The summed E-state index contributed by atoms with van der Waals surface area (Å²) < 4.78 is 4.97. The Morgan fingerprint density at radius 2 is 1.93 bits per heavy atom. The van der Waals surface area contributed by atoms with Gasteiger partial charge in [-0.1, -0.05) is 24.3 Å². The number of benzene rings is 2. The number of hydrogen-bond acceptors (Lipinski definition) is 7. The van der Waals surface area contributed by atoms with Gasteiger partial charge in [-0.15, -0.1) is 0 Å². The fourth-order valence-corrected chi connectivity index (χ4v) is 2.88. The molecule has 0 unspecified atom stereocenters. The molecule has 2 aromatic carbocycles. The van der Waals surface area contributed by atoms with Crippen molar-refractivity contribution in [3.05, 3.63) is 48.5 Å². The van der Waals surface area contributed by atoms with Crippen LogP contribution in [0.3, 0.4) is 0 Å². The molecule has 0 spiro atoms. The molecule has 1 heterocycles. The smallest absolute Gasteiger partial charge is 0.224 e. The van der Waals surface area contributed by atoms with Crippen LogP contribution in [0.25, 0.3) is 10.8 Å². The van der Waals surface area contributed by atoms with Crippen molar-refractivity contribution in [2.45, 2.75) is 13.5 Å². The highest BCUT2D eigenvalue weighted by Crippen LogP contribution is 2.50. The second kappa shape index (κ2) is 8.45. The number of aromatic nitrogens is 2. The lowest BCUT2D eigenvalue weighted by Gasteiger charge is -2.25. The van der Waals surface area contributed by atoms with Gasteiger partial charge in [0.25, 0.3) is 0 Å². The molecule has 0 atom stereocenters. The fourth-order valence-electron chi connectivity index (χ4n) is 2.88. The van der Waals surface area contributed by atoms with Gasteiger partial charge in [-0.25, -0.2) is 0 Å². The first-order valence-electron chi connectivity index (χ1n) is 8.55. The predicted molar refractivity (Wildman–Crippen MR) is 106 cm³/mol. The number of fused-ring (bicyclic) bond motifs is 1. The minimum atomic E-state index is -0.348. The van der Waals surface area contributed by atoms with Crippen LogP contribution in [0.4, 0.5) is 11.4 Å². The summed E-state index contributed by atoms with van der Waals surface area (Å²) in [5.41, 5.74) is 0.700. The first-order chi connectivity index (χ1) is 13.5. The number of aliphatic imine (C=N–C) groups is 1. The summed E-state index contributed by atoms with van der Waals surface area (Å²) in [6, 6.07) is 6.81. The molecular weight excluding hydrogens is 360 g/mol. The van der Waals surface area contributed by atoms with Gasteiger partial charge < -0.3 is 19.8 Å². The number of methoxy groups -OCH3 is 1. The van der Waals surface area contributed by atoms with Crippen LogP contribution in [0, 0.1) is 0 Å². The highest BCUT2D eigenvalue weighted by Gasteiger charge is 2.26. The Hall–Kier alpha value is -3.52. The second-order valence-corrected chi connectivity index (χ2v) is 6.01. The molecule has 1 aromatic heterocycles. The van der Waals surface area contributed by atoms with E-state index in [9.17, 15) is 15.0 Å². The number of phenols is 2. The van der Waals surface area contributed by atoms with Crippen LogP contribution in [0.15, 0.2) is 47.8 Å². The van der Waals surface area contributed by atoms with Crippen molar-refractivity contribution < 1.29 is 19.7 Å². The molecule has 0 aliphatic heterocycles. The zero-order chi connectivity index (χ0) is 20.1. The van der Waals surface area contributed by atoms with Crippen molar-refractivity contribution in [1.29, 1.82) is 0 Å². The Balaban J connectivity index is 2.24. The third-order valence-corrected chi connectivity index (χ3v) is 4.16. The lowest BCUT2D eigenvalue weighted by molar-refractivity contribution is -0.116. The van der Waals surface area contributed by atoms with Crippen molar-refractivity contribution in [1.82, 2.24) is 9.97 Å². The molecule has 0 aliphatic rings. The molecule has 2 N–H and O–H groups in total. The minimum Gasteiger partial charge on any atom is -0.505 e. The molecule has 0 radical (unpaired) electrons. The third-order valence-electron chi connectivity index (χ3n) is 4.16. The van der Waals surface area contributed by atoms with Crippen molar-refractivity contribution in [3.8, 4) is 11.5 Å². The summed E-state index contributed by atoms with van der Waals surface area (Å²) >= 11 is 0. The van der Waals surface area contributed by atoms with Crippen molar-refractivity contribution in [2.75, 3.05) is 18.6 Å². The molecule has 144 valence electrons. The Labute approximate surface area is 161 Å². The standard InChI is InChI=1S/C20H20N4O4/c1-13(25)24(12-14-11-21-7-8-22-14)18-17(23-9-10-28-2)19(26)15-5-3-4-6-16(15)20(18)27/h3-9,11,26-27H,10,12H2,1-2H3. The summed E-state index contributed by atoms with van der Waals surface area (Å²) in [5, 5.41) is 22.6. The number of aromatic hydroxyl groups is 2. The predicted octanol–water partition coefficient (Wildman–Crippen LogP) is 2.94. The SMILES string of the molecule is COCC=Nc1c(N(Cc2cnccn2)C(C)=O)c(O)c2ccccc2c1O. The van der Waals surface area contributed by atoms with Gasteiger partial charge in [0.05, 0.1) is 25.0 Å². The largest absolute Gasteiger partial charge is 0.505 e. The van der Waals surface area contributed by atoms with Crippen molar-refractivity contribution >= 4 is 34.3 Å². The fraction of sp³-hybridized carbons (Fsp3) is 0.200.